The van der Waals surface area contributed by atoms with E-state index < -0.39 is 10.5 Å². The van der Waals surface area contributed by atoms with Gasteiger partial charge in [-0.3, -0.25) is 0 Å². The Hall–Kier alpha value is -1.10. The molecule has 0 amide bonds. The number of benzene rings is 1. The van der Waals surface area contributed by atoms with Gasteiger partial charge >= 0.3 is 0 Å². The van der Waals surface area contributed by atoms with Gasteiger partial charge in [0.15, 0.2) is 0 Å². The van der Waals surface area contributed by atoms with Crippen LogP contribution in [0, 0.1) is 0 Å². The monoisotopic (exact) mass is 311 g/mol. The second-order valence-corrected chi connectivity index (χ2v) is 6.49. The van der Waals surface area contributed by atoms with Crippen molar-refractivity contribution in [3.8, 4) is 0 Å². The SMILES string of the molecule is O[C@@](Cc1ccccc1Cl)(Cn1cncn1)C1(Cl)CC1. The van der Waals surface area contributed by atoms with E-state index in [2.05, 4.69) is 10.1 Å². The summed E-state index contributed by atoms with van der Waals surface area (Å²) in [6.45, 7) is 0.307. The van der Waals surface area contributed by atoms with E-state index in [1.807, 2.05) is 24.3 Å². The topological polar surface area (TPSA) is 50.9 Å². The second kappa shape index (κ2) is 5.02. The van der Waals surface area contributed by atoms with E-state index in [0.29, 0.717) is 18.0 Å². The van der Waals surface area contributed by atoms with Crippen molar-refractivity contribution in [2.24, 2.45) is 0 Å². The summed E-state index contributed by atoms with van der Waals surface area (Å²) in [5, 5.41) is 15.8. The summed E-state index contributed by atoms with van der Waals surface area (Å²) in [5.41, 5.74) is -0.198. The van der Waals surface area contributed by atoms with Crippen LogP contribution in [0.1, 0.15) is 18.4 Å². The number of rotatable bonds is 5. The predicted molar refractivity (Wildman–Crippen MR) is 77.9 cm³/mol. The maximum Gasteiger partial charge on any atom is 0.137 e. The van der Waals surface area contributed by atoms with Crippen LogP contribution in [-0.4, -0.2) is 30.3 Å². The summed E-state index contributed by atoms with van der Waals surface area (Å²) >= 11 is 12.7. The number of aromatic nitrogens is 3. The Kier molecular flexibility index (Phi) is 3.48. The van der Waals surface area contributed by atoms with Gasteiger partial charge in [0.1, 0.15) is 18.3 Å². The maximum absolute atomic E-state index is 11.1. The molecule has 1 aliphatic rings. The zero-order valence-corrected chi connectivity index (χ0v) is 12.3. The summed E-state index contributed by atoms with van der Waals surface area (Å²) in [5.74, 6) is 0. The van der Waals surface area contributed by atoms with Crippen molar-refractivity contribution in [3.05, 3.63) is 47.5 Å². The fourth-order valence-corrected chi connectivity index (χ4v) is 2.89. The van der Waals surface area contributed by atoms with Gasteiger partial charge in [0, 0.05) is 11.4 Å². The molecule has 4 nitrogen and oxygen atoms in total. The van der Waals surface area contributed by atoms with Crippen LogP contribution in [0.15, 0.2) is 36.9 Å². The predicted octanol–water partition coefficient (Wildman–Crippen LogP) is 2.68. The number of halogens is 2. The highest BCUT2D eigenvalue weighted by Gasteiger charge is 2.58. The first-order valence-corrected chi connectivity index (χ1v) is 7.25. The largest absolute Gasteiger partial charge is 0.386 e. The van der Waals surface area contributed by atoms with E-state index in [-0.39, 0.29) is 0 Å². The minimum absolute atomic E-state index is 0.307. The molecule has 0 spiro atoms. The highest BCUT2D eigenvalue weighted by molar-refractivity contribution is 6.31. The molecule has 1 aromatic heterocycles. The highest BCUT2D eigenvalue weighted by atomic mass is 35.5. The molecule has 1 aliphatic carbocycles. The molecule has 0 unspecified atom stereocenters. The molecular formula is C14H15Cl2N3O. The summed E-state index contributed by atoms with van der Waals surface area (Å²) in [6.07, 6.45) is 5.02. The summed E-state index contributed by atoms with van der Waals surface area (Å²) in [7, 11) is 0. The van der Waals surface area contributed by atoms with Gasteiger partial charge in [0.2, 0.25) is 0 Å². The average Bonchev–Trinajstić information content (AvgIpc) is 2.98. The summed E-state index contributed by atoms with van der Waals surface area (Å²) < 4.78 is 1.61. The van der Waals surface area contributed by atoms with E-state index in [0.717, 1.165) is 18.4 Å². The van der Waals surface area contributed by atoms with Gasteiger partial charge in [-0.25, -0.2) is 9.67 Å². The third-order valence-corrected chi connectivity index (χ3v) is 4.95. The van der Waals surface area contributed by atoms with Crippen LogP contribution in [0.5, 0.6) is 0 Å². The van der Waals surface area contributed by atoms with E-state index in [4.69, 9.17) is 23.2 Å². The molecule has 1 fully saturated rings. The van der Waals surface area contributed by atoms with Crippen molar-refractivity contribution in [1.29, 1.82) is 0 Å². The Balaban J connectivity index is 1.89. The molecule has 106 valence electrons. The fraction of sp³-hybridized carbons (Fsp3) is 0.429. The third-order valence-electron chi connectivity index (χ3n) is 3.85. The van der Waals surface area contributed by atoms with Gasteiger partial charge in [-0.05, 0) is 24.5 Å². The minimum Gasteiger partial charge on any atom is -0.386 e. The zero-order chi connectivity index (χ0) is 14.2. The molecule has 1 N–H and O–H groups in total. The molecule has 1 atom stereocenters. The average molecular weight is 312 g/mol. The van der Waals surface area contributed by atoms with Crippen LogP contribution in [0.25, 0.3) is 0 Å². The Morgan fingerprint density at radius 2 is 2.10 bits per heavy atom. The van der Waals surface area contributed by atoms with Gasteiger partial charge < -0.3 is 5.11 Å². The van der Waals surface area contributed by atoms with Crippen molar-refractivity contribution < 1.29 is 5.11 Å². The molecule has 0 aliphatic heterocycles. The first kappa shape index (κ1) is 13.9. The van der Waals surface area contributed by atoms with Gasteiger partial charge in [-0.1, -0.05) is 29.8 Å². The Morgan fingerprint density at radius 1 is 1.35 bits per heavy atom. The fourth-order valence-electron chi connectivity index (χ4n) is 2.47. The van der Waals surface area contributed by atoms with Gasteiger partial charge in [0.05, 0.1) is 11.4 Å². The van der Waals surface area contributed by atoms with Gasteiger partial charge in [-0.2, -0.15) is 5.10 Å². The van der Waals surface area contributed by atoms with Crippen molar-refractivity contribution in [3.63, 3.8) is 0 Å². The minimum atomic E-state index is -1.09. The maximum atomic E-state index is 11.1. The summed E-state index contributed by atoms with van der Waals surface area (Å²) in [6, 6.07) is 7.51. The van der Waals surface area contributed by atoms with E-state index in [1.165, 1.54) is 6.33 Å². The van der Waals surface area contributed by atoms with Crippen molar-refractivity contribution in [2.45, 2.75) is 36.3 Å². The van der Waals surface area contributed by atoms with E-state index in [1.54, 1.807) is 11.0 Å². The molecule has 0 radical (unpaired) electrons. The molecule has 6 heteroatoms. The molecule has 1 saturated carbocycles. The van der Waals surface area contributed by atoms with Crippen LogP contribution in [0.2, 0.25) is 5.02 Å². The quantitative estimate of drug-likeness (QED) is 0.864. The Bertz CT molecular complexity index is 598. The Morgan fingerprint density at radius 3 is 2.70 bits per heavy atom. The number of alkyl halides is 1. The lowest BCUT2D eigenvalue weighted by molar-refractivity contribution is 0.00766. The second-order valence-electron chi connectivity index (χ2n) is 5.36. The lowest BCUT2D eigenvalue weighted by Gasteiger charge is -2.33. The zero-order valence-electron chi connectivity index (χ0n) is 10.8. The van der Waals surface area contributed by atoms with Crippen molar-refractivity contribution >= 4 is 23.2 Å². The Labute approximate surface area is 127 Å². The number of hydrogen-bond donors (Lipinski definition) is 1. The lowest BCUT2D eigenvalue weighted by atomic mass is 9.89. The standard InChI is InChI=1S/C14H15Cl2N3O/c15-12-4-2-1-3-11(12)7-14(20,13(16)5-6-13)8-19-10-17-9-18-19/h1-4,9-10,20H,5-8H2/t14-/m0/s1. The van der Waals surface area contributed by atoms with Crippen molar-refractivity contribution in [2.75, 3.05) is 0 Å². The first-order chi connectivity index (χ1) is 9.52. The van der Waals surface area contributed by atoms with Gasteiger partial charge in [-0.15, -0.1) is 11.6 Å². The smallest absolute Gasteiger partial charge is 0.137 e. The molecule has 0 bridgehead atoms. The molecule has 1 heterocycles. The highest BCUT2D eigenvalue weighted by Crippen LogP contribution is 2.53. The van der Waals surface area contributed by atoms with Crippen LogP contribution in [0.4, 0.5) is 0 Å². The molecular weight excluding hydrogens is 297 g/mol. The van der Waals surface area contributed by atoms with Crippen LogP contribution >= 0.6 is 23.2 Å². The normalized spacial score (nSPS) is 19.6. The lowest BCUT2D eigenvalue weighted by Crippen LogP contribution is -2.47. The molecule has 1 aromatic carbocycles. The molecule has 3 rings (SSSR count). The first-order valence-electron chi connectivity index (χ1n) is 6.50. The van der Waals surface area contributed by atoms with E-state index >= 15 is 0 Å². The number of aliphatic hydroxyl groups is 1. The number of hydrogen-bond acceptors (Lipinski definition) is 3. The van der Waals surface area contributed by atoms with E-state index in [9.17, 15) is 5.11 Å². The van der Waals surface area contributed by atoms with Crippen LogP contribution in [0.3, 0.4) is 0 Å². The van der Waals surface area contributed by atoms with Crippen LogP contribution < -0.4 is 0 Å². The number of nitrogens with zero attached hydrogens (tertiary/aromatic N) is 3. The molecule has 0 saturated heterocycles. The van der Waals surface area contributed by atoms with Crippen molar-refractivity contribution in [1.82, 2.24) is 14.8 Å². The molecule has 2 aromatic rings. The summed E-state index contributed by atoms with van der Waals surface area (Å²) in [4.78, 5) is 3.31. The third kappa shape index (κ3) is 2.55. The van der Waals surface area contributed by atoms with Crippen LogP contribution in [-0.2, 0) is 13.0 Å². The molecule has 20 heavy (non-hydrogen) atoms. The van der Waals surface area contributed by atoms with Gasteiger partial charge in [0.25, 0.3) is 0 Å².